The van der Waals surface area contributed by atoms with Gasteiger partial charge in [-0.25, -0.2) is 4.79 Å². The van der Waals surface area contributed by atoms with Crippen LogP contribution in [-0.4, -0.2) is 35.1 Å². The highest BCUT2D eigenvalue weighted by atomic mass is 79.9. The van der Waals surface area contributed by atoms with Crippen LogP contribution >= 0.6 is 15.9 Å². The maximum atomic E-state index is 12.2. The summed E-state index contributed by atoms with van der Waals surface area (Å²) in [7, 11) is 0. The zero-order valence-corrected chi connectivity index (χ0v) is 12.8. The minimum absolute atomic E-state index is 0.242. The van der Waals surface area contributed by atoms with Crippen molar-refractivity contribution >= 4 is 33.6 Å². The number of piperidine rings is 1. The second-order valence-electron chi connectivity index (χ2n) is 5.07. The third kappa shape index (κ3) is 3.72. The van der Waals surface area contributed by atoms with Crippen molar-refractivity contribution in [3.63, 3.8) is 0 Å². The first-order valence-corrected chi connectivity index (χ1v) is 7.31. The first kappa shape index (κ1) is 14.8. The number of urea groups is 1. The number of carbonyl (C=O) groups excluding carboxylic acids is 1. The molecule has 0 unspecified atom stereocenters. The summed E-state index contributed by atoms with van der Waals surface area (Å²) in [5.41, 5.74) is 1.75. The average molecular weight is 341 g/mol. The molecule has 0 aliphatic carbocycles. The number of aryl methyl sites for hydroxylation is 1. The van der Waals surface area contributed by atoms with Gasteiger partial charge in [0.1, 0.15) is 0 Å². The first-order valence-electron chi connectivity index (χ1n) is 6.51. The van der Waals surface area contributed by atoms with E-state index in [1.165, 1.54) is 0 Å². The van der Waals surface area contributed by atoms with Crippen LogP contribution in [0.15, 0.2) is 22.7 Å². The Labute approximate surface area is 126 Å². The van der Waals surface area contributed by atoms with E-state index in [0.717, 1.165) is 16.5 Å². The Bertz CT molecular complexity index is 513. The van der Waals surface area contributed by atoms with E-state index in [1.54, 1.807) is 4.90 Å². The Hall–Kier alpha value is -1.56. The summed E-state index contributed by atoms with van der Waals surface area (Å²) in [6.07, 6.45) is 1.36. The molecule has 0 spiro atoms. The molecule has 0 saturated carbocycles. The highest BCUT2D eigenvalue weighted by molar-refractivity contribution is 9.10. The summed E-state index contributed by atoms with van der Waals surface area (Å²) < 4.78 is 0.898. The molecule has 6 heteroatoms. The van der Waals surface area contributed by atoms with Crippen molar-refractivity contribution in [1.82, 2.24) is 4.90 Å². The predicted octanol–water partition coefficient (Wildman–Crippen LogP) is 3.09. The molecule has 1 heterocycles. The van der Waals surface area contributed by atoms with E-state index in [4.69, 9.17) is 5.11 Å². The van der Waals surface area contributed by atoms with E-state index in [9.17, 15) is 9.59 Å². The van der Waals surface area contributed by atoms with E-state index in [-0.39, 0.29) is 12.6 Å². The maximum Gasteiger partial charge on any atom is 0.321 e. The molecule has 1 fully saturated rings. The van der Waals surface area contributed by atoms with Gasteiger partial charge in [0.05, 0.1) is 5.92 Å². The van der Waals surface area contributed by atoms with Crippen LogP contribution < -0.4 is 5.32 Å². The minimum atomic E-state index is -0.833. The number of benzene rings is 1. The Balaban J connectivity index is 2.02. The van der Waals surface area contributed by atoms with E-state index in [0.29, 0.717) is 18.7 Å². The number of rotatable bonds is 2. The fourth-order valence-corrected chi connectivity index (χ4v) is 2.98. The topological polar surface area (TPSA) is 69.6 Å². The summed E-state index contributed by atoms with van der Waals surface area (Å²) in [5, 5.41) is 11.9. The first-order chi connectivity index (χ1) is 9.45. The molecule has 0 aromatic heterocycles. The van der Waals surface area contributed by atoms with Crippen LogP contribution in [0.2, 0.25) is 0 Å². The highest BCUT2D eigenvalue weighted by Gasteiger charge is 2.28. The van der Waals surface area contributed by atoms with Crippen molar-refractivity contribution in [2.45, 2.75) is 19.8 Å². The number of amides is 2. The van der Waals surface area contributed by atoms with Gasteiger partial charge in [0, 0.05) is 23.2 Å². The Morgan fingerprint density at radius 3 is 2.80 bits per heavy atom. The lowest BCUT2D eigenvalue weighted by Gasteiger charge is -2.30. The largest absolute Gasteiger partial charge is 0.481 e. The number of carbonyl (C=O) groups is 2. The molecule has 0 radical (unpaired) electrons. The molecule has 2 rings (SSSR count). The molecule has 1 aromatic carbocycles. The smallest absolute Gasteiger partial charge is 0.321 e. The van der Waals surface area contributed by atoms with E-state index in [1.807, 2.05) is 25.1 Å². The molecular formula is C14H17BrN2O3. The van der Waals surface area contributed by atoms with E-state index in [2.05, 4.69) is 21.2 Å². The molecule has 2 N–H and O–H groups in total. The molecule has 108 valence electrons. The molecule has 20 heavy (non-hydrogen) atoms. The fourth-order valence-electron chi connectivity index (χ4n) is 2.37. The summed E-state index contributed by atoms with van der Waals surface area (Å²) in [6, 6.07) is 5.41. The van der Waals surface area contributed by atoms with Gasteiger partial charge in [0.25, 0.3) is 0 Å². The zero-order chi connectivity index (χ0) is 14.7. The molecular weight excluding hydrogens is 324 g/mol. The van der Waals surface area contributed by atoms with Gasteiger partial charge >= 0.3 is 12.0 Å². The quantitative estimate of drug-likeness (QED) is 0.869. The fraction of sp³-hybridized carbons (Fsp3) is 0.429. The molecule has 1 aliphatic rings. The number of carboxylic acids is 1. The third-order valence-corrected chi connectivity index (χ3v) is 3.81. The van der Waals surface area contributed by atoms with Crippen LogP contribution in [0.5, 0.6) is 0 Å². The van der Waals surface area contributed by atoms with Crippen molar-refractivity contribution in [2.24, 2.45) is 5.92 Å². The van der Waals surface area contributed by atoms with Gasteiger partial charge in [-0.1, -0.05) is 15.9 Å². The lowest BCUT2D eigenvalue weighted by atomic mass is 9.99. The van der Waals surface area contributed by atoms with E-state index < -0.39 is 11.9 Å². The molecule has 1 saturated heterocycles. The number of halogens is 1. The number of likely N-dealkylation sites (tertiary alicyclic amines) is 1. The molecule has 1 aliphatic heterocycles. The maximum absolute atomic E-state index is 12.2. The predicted molar refractivity (Wildman–Crippen MR) is 79.8 cm³/mol. The molecule has 2 amide bonds. The molecule has 0 bridgehead atoms. The van der Waals surface area contributed by atoms with Gasteiger partial charge < -0.3 is 15.3 Å². The van der Waals surface area contributed by atoms with Crippen LogP contribution in [0.3, 0.4) is 0 Å². The number of carboxylic acid groups (broad SMARTS) is 1. The normalized spacial score (nSPS) is 18.7. The van der Waals surface area contributed by atoms with Crippen LogP contribution in [-0.2, 0) is 4.79 Å². The summed E-state index contributed by atoms with van der Waals surface area (Å²) in [5.74, 6) is -1.29. The number of nitrogens with zero attached hydrogens (tertiary/aromatic N) is 1. The van der Waals surface area contributed by atoms with Crippen LogP contribution in [0.1, 0.15) is 18.4 Å². The van der Waals surface area contributed by atoms with Gasteiger partial charge in [0.2, 0.25) is 0 Å². The van der Waals surface area contributed by atoms with Crippen molar-refractivity contribution in [1.29, 1.82) is 0 Å². The number of hydrogen-bond acceptors (Lipinski definition) is 2. The van der Waals surface area contributed by atoms with Gasteiger partial charge in [0.15, 0.2) is 0 Å². The van der Waals surface area contributed by atoms with Crippen LogP contribution in [0, 0.1) is 12.8 Å². The van der Waals surface area contributed by atoms with Gasteiger partial charge in [-0.2, -0.15) is 0 Å². The average Bonchev–Trinajstić information content (AvgIpc) is 2.37. The van der Waals surface area contributed by atoms with Crippen molar-refractivity contribution < 1.29 is 14.7 Å². The summed E-state index contributed by atoms with van der Waals surface area (Å²) in [6.45, 7) is 2.82. The Morgan fingerprint density at radius 2 is 2.15 bits per heavy atom. The Morgan fingerprint density at radius 1 is 1.40 bits per heavy atom. The van der Waals surface area contributed by atoms with Crippen LogP contribution in [0.25, 0.3) is 0 Å². The SMILES string of the molecule is Cc1cc(Br)cc(NC(=O)N2CCC[C@@H](C(=O)O)C2)c1. The standard InChI is InChI=1S/C14H17BrN2O3/c1-9-5-11(15)7-12(6-9)16-14(20)17-4-2-3-10(8-17)13(18)19/h5-7,10H,2-4,8H2,1H3,(H,16,20)(H,18,19)/t10-/m1/s1. The highest BCUT2D eigenvalue weighted by Crippen LogP contribution is 2.21. The number of nitrogens with one attached hydrogen (secondary N) is 1. The molecule has 5 nitrogen and oxygen atoms in total. The number of hydrogen-bond donors (Lipinski definition) is 2. The zero-order valence-electron chi connectivity index (χ0n) is 11.2. The van der Waals surface area contributed by atoms with Gasteiger partial charge in [-0.3, -0.25) is 4.79 Å². The second kappa shape index (κ2) is 6.26. The van der Waals surface area contributed by atoms with Gasteiger partial charge in [-0.05, 0) is 43.5 Å². The number of anilines is 1. The monoisotopic (exact) mass is 340 g/mol. The van der Waals surface area contributed by atoms with Crippen molar-refractivity contribution in [3.05, 3.63) is 28.2 Å². The third-order valence-electron chi connectivity index (χ3n) is 3.35. The van der Waals surface area contributed by atoms with Crippen LogP contribution in [0.4, 0.5) is 10.5 Å². The lowest BCUT2D eigenvalue weighted by Crippen LogP contribution is -2.44. The van der Waals surface area contributed by atoms with E-state index >= 15 is 0 Å². The molecule has 1 atom stereocenters. The van der Waals surface area contributed by atoms with Gasteiger partial charge in [-0.15, -0.1) is 0 Å². The summed E-state index contributed by atoms with van der Waals surface area (Å²) >= 11 is 3.38. The summed E-state index contributed by atoms with van der Waals surface area (Å²) in [4.78, 5) is 24.7. The van der Waals surface area contributed by atoms with Crippen molar-refractivity contribution in [3.8, 4) is 0 Å². The molecule has 1 aromatic rings. The number of aliphatic carboxylic acids is 1. The Kier molecular flexibility index (Phi) is 4.65. The lowest BCUT2D eigenvalue weighted by molar-refractivity contribution is -0.143. The second-order valence-corrected chi connectivity index (χ2v) is 5.99. The minimum Gasteiger partial charge on any atom is -0.481 e. The van der Waals surface area contributed by atoms with Crippen molar-refractivity contribution in [2.75, 3.05) is 18.4 Å².